The van der Waals surface area contributed by atoms with E-state index in [4.69, 9.17) is 24.2 Å². The summed E-state index contributed by atoms with van der Waals surface area (Å²) < 4.78 is 15.4. The molecule has 12 heteroatoms. The Labute approximate surface area is 307 Å². The van der Waals surface area contributed by atoms with E-state index in [-0.39, 0.29) is 24.4 Å². The number of carbonyl (C=O) groups is 4. The molecule has 0 spiro atoms. The van der Waals surface area contributed by atoms with Crippen LogP contribution in [0.5, 0.6) is 0 Å². The highest BCUT2D eigenvalue weighted by atomic mass is 16.5. The first-order valence-electron chi connectivity index (χ1n) is 17.5. The van der Waals surface area contributed by atoms with E-state index in [1.165, 1.54) is 21.3 Å². The summed E-state index contributed by atoms with van der Waals surface area (Å²) in [6.45, 7) is 11.9. The second-order valence-corrected chi connectivity index (χ2v) is 13.8. The molecule has 6 rings (SSSR count). The summed E-state index contributed by atoms with van der Waals surface area (Å²) in [5.41, 5.74) is 8.52. The maximum Gasteiger partial charge on any atom is 0.334 e. The lowest BCUT2D eigenvalue weighted by Gasteiger charge is -2.37. The van der Waals surface area contributed by atoms with Crippen LogP contribution in [0.2, 0.25) is 0 Å². The minimum Gasteiger partial charge on any atom is -0.481 e. The van der Waals surface area contributed by atoms with Gasteiger partial charge in [-0.15, -0.1) is 0 Å². The molecule has 1 aliphatic carbocycles. The van der Waals surface area contributed by atoms with E-state index in [2.05, 4.69) is 16.5 Å². The molecule has 2 aromatic rings. The smallest absolute Gasteiger partial charge is 0.334 e. The van der Waals surface area contributed by atoms with Crippen molar-refractivity contribution in [2.45, 2.75) is 65.8 Å². The number of rotatable bonds is 9. The van der Waals surface area contributed by atoms with Gasteiger partial charge in [-0.05, 0) is 92.2 Å². The van der Waals surface area contributed by atoms with Gasteiger partial charge in [-0.1, -0.05) is 24.8 Å². The quantitative estimate of drug-likeness (QED) is 0.257. The monoisotopic (exact) mass is 720 g/mol. The summed E-state index contributed by atoms with van der Waals surface area (Å²) >= 11 is 0. The number of carboxylic acid groups (broad SMARTS) is 1. The Morgan fingerprint density at radius 2 is 1.70 bits per heavy atom. The number of carbonyl (C=O) groups excluding carboxylic acids is 3. The largest absolute Gasteiger partial charge is 0.481 e. The van der Waals surface area contributed by atoms with Crippen molar-refractivity contribution >= 4 is 53.5 Å². The number of aliphatic imine (C=N–C) groups is 2. The first-order chi connectivity index (χ1) is 25.3. The highest BCUT2D eigenvalue weighted by Gasteiger charge is 2.55. The lowest BCUT2D eigenvalue weighted by molar-refractivity contribution is -0.150. The number of nitrogens with zero attached hydrogens (tertiary/aromatic N) is 2. The second kappa shape index (κ2) is 14.3. The lowest BCUT2D eigenvalue weighted by atomic mass is 9.64. The third-order valence-electron chi connectivity index (χ3n) is 11.1. The van der Waals surface area contributed by atoms with Crippen molar-refractivity contribution in [3.8, 4) is 0 Å². The topological polar surface area (TPSA) is 172 Å². The van der Waals surface area contributed by atoms with Crippen LogP contribution in [0.15, 0.2) is 62.8 Å². The summed E-state index contributed by atoms with van der Waals surface area (Å²) in [4.78, 5) is 68.5. The number of esters is 3. The highest BCUT2D eigenvalue weighted by Crippen LogP contribution is 2.54. The van der Waals surface area contributed by atoms with Crippen LogP contribution in [0.25, 0.3) is 18.2 Å². The van der Waals surface area contributed by atoms with E-state index in [0.717, 1.165) is 55.5 Å². The van der Waals surface area contributed by atoms with Crippen LogP contribution in [0.4, 0.5) is 0 Å². The highest BCUT2D eigenvalue weighted by molar-refractivity contribution is 6.25. The molecule has 8 bridgehead atoms. The molecule has 3 atom stereocenters. The molecule has 0 amide bonds. The van der Waals surface area contributed by atoms with Gasteiger partial charge >= 0.3 is 23.9 Å². The van der Waals surface area contributed by atoms with Gasteiger partial charge in [-0.3, -0.25) is 24.4 Å². The minimum atomic E-state index is -1.16. The first-order valence-corrected chi connectivity index (χ1v) is 17.5. The van der Waals surface area contributed by atoms with Crippen molar-refractivity contribution < 1.29 is 38.5 Å². The van der Waals surface area contributed by atoms with Crippen LogP contribution < -0.4 is 10.7 Å². The van der Waals surface area contributed by atoms with Crippen molar-refractivity contribution in [2.75, 3.05) is 21.3 Å². The Bertz CT molecular complexity index is 2290. The number of aliphatic carboxylic acids is 1. The molecule has 0 saturated heterocycles. The molecule has 2 aromatic heterocycles. The number of fused-ring (bicyclic) bond motifs is 9. The van der Waals surface area contributed by atoms with Crippen molar-refractivity contribution in [1.82, 2.24) is 9.97 Å². The summed E-state index contributed by atoms with van der Waals surface area (Å²) in [5, 5.41) is 11.2. The van der Waals surface area contributed by atoms with Gasteiger partial charge in [0.1, 0.15) is 5.92 Å². The maximum atomic E-state index is 13.7. The van der Waals surface area contributed by atoms with Crippen molar-refractivity contribution in [3.05, 3.63) is 97.1 Å². The molecule has 3 N–H and O–H groups in total. The predicted molar refractivity (Wildman–Crippen MR) is 201 cm³/mol. The number of aromatic nitrogens is 2. The molecule has 1 unspecified atom stereocenters. The maximum absolute atomic E-state index is 13.7. The molecule has 0 saturated carbocycles. The van der Waals surface area contributed by atoms with E-state index < -0.39 is 35.3 Å². The number of allylic oxidation sites excluding steroid dienone is 5. The van der Waals surface area contributed by atoms with E-state index in [9.17, 15) is 24.3 Å². The summed E-state index contributed by atoms with van der Waals surface area (Å²) in [6, 6.07) is -0.399. The molecule has 5 heterocycles. The Morgan fingerprint density at radius 1 is 0.943 bits per heavy atom. The van der Waals surface area contributed by atoms with Gasteiger partial charge in [-0.25, -0.2) is 4.79 Å². The fourth-order valence-electron chi connectivity index (χ4n) is 8.08. The average Bonchev–Trinajstić information content (AvgIpc) is 3.79. The number of aromatic amines is 2. The molecule has 0 fully saturated rings. The summed E-state index contributed by atoms with van der Waals surface area (Å²) in [5.74, 6) is -3.60. The zero-order valence-electron chi connectivity index (χ0n) is 31.1. The van der Waals surface area contributed by atoms with Crippen LogP contribution in [0, 0.1) is 25.2 Å². The molecule has 4 aliphatic rings. The minimum absolute atomic E-state index is 0.0446. The predicted octanol–water partition coefficient (Wildman–Crippen LogP) is 4.05. The molecular formula is C41H44N4O8. The van der Waals surface area contributed by atoms with Gasteiger partial charge in [0.25, 0.3) is 0 Å². The zero-order valence-corrected chi connectivity index (χ0v) is 31.1. The van der Waals surface area contributed by atoms with Crippen molar-refractivity contribution in [2.24, 2.45) is 21.3 Å². The molecular weight excluding hydrogens is 676 g/mol. The SMILES string of the molecule is C=Cc1c(C)/c2[nH]/c1=C\c1[nH]c(c(CCC(=O)O)c1C)CC1N=C(/C=C3N=C(\C=2)C2=CC=C(C(=O)OC)[C@@H](C(=O)OC)[C@]2\3C)C(C)=C1CCC(=O)OC. The van der Waals surface area contributed by atoms with Gasteiger partial charge in [0.2, 0.25) is 0 Å². The van der Waals surface area contributed by atoms with Gasteiger partial charge in [-0.2, -0.15) is 0 Å². The summed E-state index contributed by atoms with van der Waals surface area (Å²) in [7, 11) is 3.91. The third kappa shape index (κ3) is 6.36. The summed E-state index contributed by atoms with van der Waals surface area (Å²) in [6.07, 6.45) is 12.2. The number of methoxy groups -OCH3 is 3. The number of hydrogen-bond donors (Lipinski definition) is 3. The Kier molecular flexibility index (Phi) is 10.0. The van der Waals surface area contributed by atoms with Crippen molar-refractivity contribution in [3.63, 3.8) is 0 Å². The van der Waals surface area contributed by atoms with E-state index >= 15 is 0 Å². The molecule has 0 aromatic carbocycles. The fourth-order valence-corrected chi connectivity index (χ4v) is 8.08. The third-order valence-corrected chi connectivity index (χ3v) is 11.1. The van der Waals surface area contributed by atoms with Gasteiger partial charge in [0.15, 0.2) is 0 Å². The van der Waals surface area contributed by atoms with Crippen LogP contribution in [0.3, 0.4) is 0 Å². The number of H-pyrrole nitrogens is 2. The first kappa shape index (κ1) is 37.0. The van der Waals surface area contributed by atoms with Gasteiger partial charge in [0.05, 0.1) is 55.5 Å². The van der Waals surface area contributed by atoms with Crippen LogP contribution >= 0.6 is 0 Å². The molecule has 3 aliphatic heterocycles. The molecule has 276 valence electrons. The fraction of sp³-hybridized carbons (Fsp3) is 0.366. The van der Waals surface area contributed by atoms with E-state index in [0.29, 0.717) is 42.0 Å². The second-order valence-electron chi connectivity index (χ2n) is 13.8. The average molecular weight is 721 g/mol. The van der Waals surface area contributed by atoms with Gasteiger partial charge < -0.3 is 29.3 Å². The van der Waals surface area contributed by atoms with Crippen molar-refractivity contribution in [1.29, 1.82) is 0 Å². The lowest BCUT2D eigenvalue weighted by Crippen LogP contribution is -2.41. The molecule has 0 radical (unpaired) electrons. The van der Waals surface area contributed by atoms with Gasteiger partial charge in [0, 0.05) is 46.9 Å². The Hall–Kier alpha value is -5.78. The van der Waals surface area contributed by atoms with Crippen LogP contribution in [-0.4, -0.2) is 77.7 Å². The van der Waals surface area contributed by atoms with Crippen LogP contribution in [-0.2, 0) is 46.2 Å². The zero-order chi connectivity index (χ0) is 38.4. The standard InChI is InChI=1S/C41H44N4O8/c1-9-23-20(2)29-17-34-27-13-10-26(39(49)52-7)38(40(50)53-8)41(27,5)35(45-34)19-30-22(4)25(12-15-37(48)51-6)33(44-30)18-32-24(11-14-36(46)47)21(3)28(43-32)16-31(23)42-29/h9-10,13,16-17,19,33,38,42-43H,1,11-12,14-15,18H2,2-8H3,(H,46,47)/b29-17-,31-16-,35-19-/t33?,38-,41+/m0/s1. The number of carboxylic acids is 1. The van der Waals surface area contributed by atoms with E-state index in [1.54, 1.807) is 12.2 Å². The number of hydrogen-bond acceptors (Lipinski definition) is 9. The van der Waals surface area contributed by atoms with E-state index in [1.807, 2.05) is 52.0 Å². The normalized spacial score (nSPS) is 23.8. The molecule has 53 heavy (non-hydrogen) atoms. The molecule has 12 nitrogen and oxygen atoms in total. The number of nitrogens with one attached hydrogen (secondary N) is 2. The number of ether oxygens (including phenoxy) is 3. The Balaban J connectivity index is 1.67. The van der Waals surface area contributed by atoms with Crippen LogP contribution in [0.1, 0.15) is 66.8 Å². The Morgan fingerprint density at radius 3 is 2.36 bits per heavy atom.